The molecule has 0 aliphatic carbocycles. The normalized spacial score (nSPS) is 12.0. The third-order valence-electron chi connectivity index (χ3n) is 3.93. The number of rotatable bonds is 5. The molecule has 3 aromatic rings. The van der Waals surface area contributed by atoms with Gasteiger partial charge in [0.2, 0.25) is 0 Å². The van der Waals surface area contributed by atoms with E-state index < -0.39 is 5.97 Å². The maximum absolute atomic E-state index is 10.6. The highest BCUT2D eigenvalue weighted by molar-refractivity contribution is 8.00. The second-order valence-corrected chi connectivity index (χ2v) is 9.05. The van der Waals surface area contributed by atoms with Crippen LogP contribution in [0.1, 0.15) is 31.2 Å². The highest BCUT2D eigenvalue weighted by atomic mass is 32.2. The molecule has 0 atom stereocenters. The predicted octanol–water partition coefficient (Wildman–Crippen LogP) is 6.42. The fourth-order valence-electron chi connectivity index (χ4n) is 2.50. The van der Waals surface area contributed by atoms with E-state index in [-0.39, 0.29) is 5.41 Å². The largest absolute Gasteiger partial charge is 0.478 e. The number of carboxylic acids is 1. The number of thiophene rings is 1. The first-order valence-corrected chi connectivity index (χ1v) is 9.92. The van der Waals surface area contributed by atoms with Gasteiger partial charge in [0.05, 0.1) is 0 Å². The quantitative estimate of drug-likeness (QED) is 0.394. The molecule has 0 fully saturated rings. The minimum absolute atomic E-state index is 0.160. The van der Waals surface area contributed by atoms with Gasteiger partial charge in [0, 0.05) is 26.2 Å². The minimum Gasteiger partial charge on any atom is -0.478 e. The topological polar surface area (TPSA) is 49.3 Å². The molecule has 1 heterocycles. The number of anilines is 1. The standard InChI is InChI=1S/C21H21NO2S2/c1-21(2,3)15-4-7-17(8-5-15)26-22-16-6-10-19-14(12-16)13-18(25-19)9-11-20(23)24/h4-13,22H,1-3H3,(H,23,24)/b11-9+. The summed E-state index contributed by atoms with van der Waals surface area (Å²) in [5, 5.41) is 9.84. The fraction of sp³-hybridized carbons (Fsp3) is 0.190. The summed E-state index contributed by atoms with van der Waals surface area (Å²) >= 11 is 3.17. The summed E-state index contributed by atoms with van der Waals surface area (Å²) in [6.45, 7) is 6.64. The van der Waals surface area contributed by atoms with E-state index in [0.717, 1.165) is 25.5 Å². The number of hydrogen-bond acceptors (Lipinski definition) is 4. The highest BCUT2D eigenvalue weighted by Crippen LogP contribution is 2.31. The van der Waals surface area contributed by atoms with E-state index in [1.165, 1.54) is 11.6 Å². The Kier molecular flexibility index (Phi) is 5.39. The van der Waals surface area contributed by atoms with Gasteiger partial charge in [-0.2, -0.15) is 0 Å². The van der Waals surface area contributed by atoms with Gasteiger partial charge in [-0.1, -0.05) is 32.9 Å². The smallest absolute Gasteiger partial charge is 0.328 e. The van der Waals surface area contributed by atoms with Crippen molar-refractivity contribution >= 4 is 51.1 Å². The van der Waals surface area contributed by atoms with Gasteiger partial charge < -0.3 is 9.83 Å². The minimum atomic E-state index is -0.932. The molecule has 0 bridgehead atoms. The lowest BCUT2D eigenvalue weighted by Crippen LogP contribution is -2.10. The second kappa shape index (κ2) is 7.56. The molecule has 134 valence electrons. The van der Waals surface area contributed by atoms with E-state index in [1.807, 2.05) is 12.1 Å². The number of benzene rings is 2. The van der Waals surface area contributed by atoms with Crippen LogP contribution in [0.25, 0.3) is 16.2 Å². The summed E-state index contributed by atoms with van der Waals surface area (Å²) in [6.07, 6.45) is 2.80. The first-order valence-electron chi connectivity index (χ1n) is 8.29. The molecule has 0 aliphatic rings. The molecule has 0 unspecified atom stereocenters. The van der Waals surface area contributed by atoms with Gasteiger partial charge in [-0.05, 0) is 70.8 Å². The molecule has 0 spiro atoms. The Hall–Kier alpha value is -2.24. The third kappa shape index (κ3) is 4.68. The molecular formula is C21H21NO2S2. The number of hydrogen-bond donors (Lipinski definition) is 2. The van der Waals surface area contributed by atoms with Crippen LogP contribution in [0.4, 0.5) is 5.69 Å². The molecule has 0 saturated carbocycles. The van der Waals surface area contributed by atoms with Crippen molar-refractivity contribution in [1.82, 2.24) is 0 Å². The van der Waals surface area contributed by atoms with Crippen LogP contribution < -0.4 is 4.72 Å². The zero-order chi connectivity index (χ0) is 18.7. The maximum atomic E-state index is 10.6. The molecule has 5 heteroatoms. The molecule has 26 heavy (non-hydrogen) atoms. The Balaban J connectivity index is 1.70. The number of carboxylic acid groups (broad SMARTS) is 1. The Bertz CT molecular complexity index is 950. The lowest BCUT2D eigenvalue weighted by atomic mass is 9.87. The van der Waals surface area contributed by atoms with Crippen LogP contribution in [0, 0.1) is 0 Å². The van der Waals surface area contributed by atoms with Crippen molar-refractivity contribution in [1.29, 1.82) is 0 Å². The van der Waals surface area contributed by atoms with E-state index >= 15 is 0 Å². The van der Waals surface area contributed by atoms with Gasteiger partial charge in [-0.25, -0.2) is 4.79 Å². The average Bonchev–Trinajstić information content (AvgIpc) is 3.00. The predicted molar refractivity (Wildman–Crippen MR) is 113 cm³/mol. The van der Waals surface area contributed by atoms with E-state index in [0.29, 0.717) is 0 Å². The van der Waals surface area contributed by atoms with Crippen LogP contribution in [0.15, 0.2) is 59.5 Å². The van der Waals surface area contributed by atoms with Gasteiger partial charge >= 0.3 is 5.97 Å². The summed E-state index contributed by atoms with van der Waals surface area (Å²) in [6, 6.07) is 16.8. The summed E-state index contributed by atoms with van der Waals surface area (Å²) < 4.78 is 4.52. The van der Waals surface area contributed by atoms with Crippen molar-refractivity contribution in [2.45, 2.75) is 31.1 Å². The molecule has 1 aromatic heterocycles. The molecule has 0 amide bonds. The van der Waals surface area contributed by atoms with E-state index in [9.17, 15) is 4.79 Å². The SMILES string of the molecule is CC(C)(C)c1ccc(SNc2ccc3sc(/C=C/C(=O)O)cc3c2)cc1. The Morgan fingerprint density at radius 2 is 1.85 bits per heavy atom. The average molecular weight is 384 g/mol. The van der Waals surface area contributed by atoms with Gasteiger partial charge in [0.25, 0.3) is 0 Å². The Morgan fingerprint density at radius 3 is 2.50 bits per heavy atom. The summed E-state index contributed by atoms with van der Waals surface area (Å²) in [7, 11) is 0. The van der Waals surface area contributed by atoms with Crippen LogP contribution in [0.3, 0.4) is 0 Å². The van der Waals surface area contributed by atoms with Crippen molar-refractivity contribution in [3.63, 3.8) is 0 Å². The maximum Gasteiger partial charge on any atom is 0.328 e. The van der Waals surface area contributed by atoms with Crippen molar-refractivity contribution in [3.05, 3.63) is 65.0 Å². The molecule has 3 rings (SSSR count). The van der Waals surface area contributed by atoms with E-state index in [4.69, 9.17) is 5.11 Å². The lowest BCUT2D eigenvalue weighted by Gasteiger charge is -2.19. The van der Waals surface area contributed by atoms with Crippen molar-refractivity contribution in [2.75, 3.05) is 4.72 Å². The van der Waals surface area contributed by atoms with Gasteiger partial charge in [-0.3, -0.25) is 0 Å². The summed E-state index contributed by atoms with van der Waals surface area (Å²) in [5.41, 5.74) is 2.50. The van der Waals surface area contributed by atoms with Crippen molar-refractivity contribution in [3.8, 4) is 0 Å². The van der Waals surface area contributed by atoms with Crippen LogP contribution in [0.5, 0.6) is 0 Å². The van der Waals surface area contributed by atoms with Crippen LogP contribution in [-0.2, 0) is 10.2 Å². The van der Waals surface area contributed by atoms with Crippen molar-refractivity contribution in [2.24, 2.45) is 0 Å². The Morgan fingerprint density at radius 1 is 1.12 bits per heavy atom. The number of carbonyl (C=O) groups is 1. The van der Waals surface area contributed by atoms with Crippen molar-refractivity contribution < 1.29 is 9.90 Å². The van der Waals surface area contributed by atoms with Crippen LogP contribution >= 0.6 is 23.3 Å². The molecule has 0 saturated heterocycles. The zero-order valence-corrected chi connectivity index (χ0v) is 16.6. The number of fused-ring (bicyclic) bond motifs is 1. The molecule has 2 aromatic carbocycles. The molecule has 0 aliphatic heterocycles. The number of nitrogens with one attached hydrogen (secondary N) is 1. The molecule has 2 N–H and O–H groups in total. The summed E-state index contributed by atoms with van der Waals surface area (Å²) in [4.78, 5) is 12.7. The first-order chi connectivity index (χ1) is 12.3. The number of aliphatic carboxylic acids is 1. The molecule has 3 nitrogen and oxygen atoms in total. The summed E-state index contributed by atoms with van der Waals surface area (Å²) in [5.74, 6) is -0.932. The first kappa shape index (κ1) is 18.5. The highest BCUT2D eigenvalue weighted by Gasteiger charge is 2.12. The van der Waals surface area contributed by atoms with Gasteiger partial charge in [0.15, 0.2) is 0 Å². The molecular weight excluding hydrogens is 362 g/mol. The monoisotopic (exact) mass is 383 g/mol. The molecule has 0 radical (unpaired) electrons. The van der Waals surface area contributed by atoms with E-state index in [1.54, 1.807) is 29.4 Å². The lowest BCUT2D eigenvalue weighted by molar-refractivity contribution is -0.131. The second-order valence-electron chi connectivity index (χ2n) is 7.05. The van der Waals surface area contributed by atoms with Gasteiger partial charge in [0.1, 0.15) is 0 Å². The van der Waals surface area contributed by atoms with E-state index in [2.05, 4.69) is 61.9 Å². The zero-order valence-electron chi connectivity index (χ0n) is 14.9. The van der Waals surface area contributed by atoms with Crippen LogP contribution in [0.2, 0.25) is 0 Å². The fourth-order valence-corrected chi connectivity index (χ4v) is 4.09. The van der Waals surface area contributed by atoms with Crippen LogP contribution in [-0.4, -0.2) is 11.1 Å². The Labute approximate surface area is 161 Å². The third-order valence-corrected chi connectivity index (χ3v) is 5.86. The van der Waals surface area contributed by atoms with Gasteiger partial charge in [-0.15, -0.1) is 11.3 Å².